The first-order valence-electron chi connectivity index (χ1n) is 3.85. The molecule has 5 nitrogen and oxygen atoms in total. The molecule has 0 aliphatic carbocycles. The van der Waals surface area contributed by atoms with E-state index < -0.39 is 6.04 Å². The lowest BCUT2D eigenvalue weighted by molar-refractivity contribution is 0.236. The van der Waals surface area contributed by atoms with Crippen molar-refractivity contribution in [1.82, 2.24) is 10.1 Å². The van der Waals surface area contributed by atoms with Crippen LogP contribution in [0.3, 0.4) is 0 Å². The van der Waals surface area contributed by atoms with Crippen molar-refractivity contribution in [2.45, 2.75) is 25.8 Å². The highest BCUT2D eigenvalue weighted by Gasteiger charge is 2.14. The lowest BCUT2D eigenvalue weighted by Gasteiger charge is -1.98. The van der Waals surface area contributed by atoms with Crippen LogP contribution in [-0.2, 0) is 0 Å². The van der Waals surface area contributed by atoms with Gasteiger partial charge in [-0.1, -0.05) is 19.0 Å². The molecule has 1 rings (SSSR count). The van der Waals surface area contributed by atoms with Crippen LogP contribution in [0.1, 0.15) is 37.5 Å². The summed E-state index contributed by atoms with van der Waals surface area (Å²) in [6.07, 6.45) is 0. The van der Waals surface area contributed by atoms with Crippen molar-refractivity contribution in [2.75, 3.05) is 6.61 Å². The highest BCUT2D eigenvalue weighted by Crippen LogP contribution is 2.12. The number of hydrogen-bond acceptors (Lipinski definition) is 5. The van der Waals surface area contributed by atoms with Crippen LogP contribution in [0.5, 0.6) is 0 Å². The lowest BCUT2D eigenvalue weighted by Crippen LogP contribution is -2.14. The first kappa shape index (κ1) is 9.15. The zero-order valence-electron chi connectivity index (χ0n) is 7.19. The number of aromatic nitrogens is 2. The Labute approximate surface area is 70.6 Å². The van der Waals surface area contributed by atoms with Crippen LogP contribution in [-0.4, -0.2) is 21.9 Å². The third kappa shape index (κ3) is 1.80. The Morgan fingerprint density at radius 1 is 1.58 bits per heavy atom. The second-order valence-corrected chi connectivity index (χ2v) is 2.93. The Kier molecular flexibility index (Phi) is 2.78. The smallest absolute Gasteiger partial charge is 0.245 e. The standard InChI is InChI=1S/C7H13N3O2/c1-4(2)6-9-7(12-10-6)5(8)3-11/h4-5,11H,3,8H2,1-2H3/t5-/m1/s1. The molecule has 0 amide bonds. The van der Waals surface area contributed by atoms with E-state index in [2.05, 4.69) is 10.1 Å². The van der Waals surface area contributed by atoms with Gasteiger partial charge in [-0.3, -0.25) is 0 Å². The minimum atomic E-state index is -0.565. The van der Waals surface area contributed by atoms with Gasteiger partial charge in [-0.2, -0.15) is 4.98 Å². The molecular formula is C7H13N3O2. The van der Waals surface area contributed by atoms with E-state index in [9.17, 15) is 0 Å². The number of aliphatic hydroxyl groups excluding tert-OH is 1. The molecule has 0 radical (unpaired) electrons. The zero-order chi connectivity index (χ0) is 9.14. The van der Waals surface area contributed by atoms with Gasteiger partial charge in [-0.15, -0.1) is 0 Å². The third-order valence-electron chi connectivity index (χ3n) is 1.49. The maximum absolute atomic E-state index is 8.68. The molecule has 68 valence electrons. The second-order valence-electron chi connectivity index (χ2n) is 2.93. The summed E-state index contributed by atoms with van der Waals surface area (Å²) in [4.78, 5) is 4.02. The summed E-state index contributed by atoms with van der Waals surface area (Å²) in [5, 5.41) is 12.4. The van der Waals surface area contributed by atoms with Gasteiger partial charge in [0.05, 0.1) is 6.61 Å². The highest BCUT2D eigenvalue weighted by molar-refractivity contribution is 4.95. The summed E-state index contributed by atoms with van der Waals surface area (Å²) in [7, 11) is 0. The summed E-state index contributed by atoms with van der Waals surface area (Å²) in [5.74, 6) is 1.13. The number of nitrogens with two attached hydrogens (primary N) is 1. The molecule has 5 heteroatoms. The molecular weight excluding hydrogens is 158 g/mol. The minimum absolute atomic E-state index is 0.181. The van der Waals surface area contributed by atoms with E-state index in [0.717, 1.165) is 0 Å². The van der Waals surface area contributed by atoms with Gasteiger partial charge >= 0.3 is 0 Å². The molecule has 0 aromatic carbocycles. The van der Waals surface area contributed by atoms with Crippen molar-refractivity contribution >= 4 is 0 Å². The van der Waals surface area contributed by atoms with E-state index in [1.54, 1.807) is 0 Å². The molecule has 0 saturated heterocycles. The summed E-state index contributed by atoms with van der Waals surface area (Å²) in [6, 6.07) is -0.565. The van der Waals surface area contributed by atoms with Crippen molar-refractivity contribution in [3.8, 4) is 0 Å². The number of hydrogen-bond donors (Lipinski definition) is 2. The molecule has 12 heavy (non-hydrogen) atoms. The quantitative estimate of drug-likeness (QED) is 0.677. The van der Waals surface area contributed by atoms with E-state index in [1.807, 2.05) is 13.8 Å². The number of nitrogens with zero attached hydrogens (tertiary/aromatic N) is 2. The van der Waals surface area contributed by atoms with Gasteiger partial charge in [0.2, 0.25) is 5.89 Å². The molecule has 0 aliphatic rings. The van der Waals surface area contributed by atoms with Gasteiger partial charge in [-0.05, 0) is 0 Å². The molecule has 0 spiro atoms. The zero-order valence-corrected chi connectivity index (χ0v) is 7.19. The van der Waals surface area contributed by atoms with E-state index >= 15 is 0 Å². The molecule has 1 heterocycles. The van der Waals surface area contributed by atoms with Crippen molar-refractivity contribution in [3.05, 3.63) is 11.7 Å². The molecule has 0 bridgehead atoms. The SMILES string of the molecule is CC(C)c1noc([C@H](N)CO)n1. The van der Waals surface area contributed by atoms with Crippen LogP contribution in [0, 0.1) is 0 Å². The molecule has 1 aromatic heterocycles. The Morgan fingerprint density at radius 3 is 2.67 bits per heavy atom. The van der Waals surface area contributed by atoms with Crippen LogP contribution in [0.25, 0.3) is 0 Å². The Balaban J connectivity index is 2.77. The van der Waals surface area contributed by atoms with Crippen LogP contribution in [0.15, 0.2) is 4.52 Å². The summed E-state index contributed by atoms with van der Waals surface area (Å²) in [5.41, 5.74) is 5.46. The van der Waals surface area contributed by atoms with Crippen molar-refractivity contribution in [3.63, 3.8) is 0 Å². The van der Waals surface area contributed by atoms with Gasteiger partial charge in [0.1, 0.15) is 6.04 Å². The van der Waals surface area contributed by atoms with E-state index in [1.165, 1.54) is 0 Å². The van der Waals surface area contributed by atoms with Gasteiger partial charge in [0, 0.05) is 5.92 Å². The minimum Gasteiger partial charge on any atom is -0.394 e. The molecule has 0 saturated carbocycles. The third-order valence-corrected chi connectivity index (χ3v) is 1.49. The lowest BCUT2D eigenvalue weighted by atomic mass is 10.2. The van der Waals surface area contributed by atoms with Gasteiger partial charge in [0.15, 0.2) is 5.82 Å². The van der Waals surface area contributed by atoms with Crippen LogP contribution >= 0.6 is 0 Å². The van der Waals surface area contributed by atoms with Gasteiger partial charge < -0.3 is 15.4 Å². The highest BCUT2D eigenvalue weighted by atomic mass is 16.5. The van der Waals surface area contributed by atoms with Gasteiger partial charge in [0.25, 0.3) is 0 Å². The Morgan fingerprint density at radius 2 is 2.25 bits per heavy atom. The molecule has 0 fully saturated rings. The fourth-order valence-corrected chi connectivity index (χ4v) is 0.710. The predicted octanol–water partition coefficient (Wildman–Crippen LogP) is 0.185. The maximum atomic E-state index is 8.68. The van der Waals surface area contributed by atoms with Crippen molar-refractivity contribution < 1.29 is 9.63 Å². The number of rotatable bonds is 3. The molecule has 0 aliphatic heterocycles. The maximum Gasteiger partial charge on any atom is 0.245 e. The van der Waals surface area contributed by atoms with Crippen molar-refractivity contribution in [2.24, 2.45) is 5.73 Å². The van der Waals surface area contributed by atoms with Crippen LogP contribution in [0.2, 0.25) is 0 Å². The monoisotopic (exact) mass is 171 g/mol. The second kappa shape index (κ2) is 3.64. The molecule has 0 unspecified atom stereocenters. The fourth-order valence-electron chi connectivity index (χ4n) is 0.710. The molecule has 3 N–H and O–H groups in total. The van der Waals surface area contributed by atoms with Crippen molar-refractivity contribution in [1.29, 1.82) is 0 Å². The molecule has 1 atom stereocenters. The predicted molar refractivity (Wildman–Crippen MR) is 42.4 cm³/mol. The van der Waals surface area contributed by atoms with E-state index in [0.29, 0.717) is 11.7 Å². The Hall–Kier alpha value is -0.940. The van der Waals surface area contributed by atoms with E-state index in [4.69, 9.17) is 15.4 Å². The topological polar surface area (TPSA) is 85.2 Å². The van der Waals surface area contributed by atoms with E-state index in [-0.39, 0.29) is 12.5 Å². The normalized spacial score (nSPS) is 13.8. The van der Waals surface area contributed by atoms with Crippen LogP contribution in [0.4, 0.5) is 0 Å². The molecule has 1 aromatic rings. The summed E-state index contributed by atoms with van der Waals surface area (Å²) >= 11 is 0. The van der Waals surface area contributed by atoms with Crippen LogP contribution < -0.4 is 5.73 Å². The first-order chi connectivity index (χ1) is 5.65. The summed E-state index contributed by atoms with van der Waals surface area (Å²) in [6.45, 7) is 3.73. The fraction of sp³-hybridized carbons (Fsp3) is 0.714. The Bertz CT molecular complexity index is 247. The average molecular weight is 171 g/mol. The number of aliphatic hydroxyl groups is 1. The largest absolute Gasteiger partial charge is 0.394 e. The average Bonchev–Trinajstić information content (AvgIpc) is 2.51. The van der Waals surface area contributed by atoms with Gasteiger partial charge in [-0.25, -0.2) is 0 Å². The summed E-state index contributed by atoms with van der Waals surface area (Å²) < 4.78 is 4.83. The first-order valence-corrected chi connectivity index (χ1v) is 3.85.